The number of benzene rings is 2. The lowest BCUT2D eigenvalue weighted by Crippen LogP contribution is -1.96. The first-order valence-corrected chi connectivity index (χ1v) is 6.43. The molecule has 0 fully saturated rings. The summed E-state index contributed by atoms with van der Waals surface area (Å²) in [5.74, 6) is 0.380. The Balaban J connectivity index is 1.75. The molecule has 0 atom stereocenters. The summed E-state index contributed by atoms with van der Waals surface area (Å²) in [6.45, 7) is 0.939. The number of aromatic nitrogens is 1. The van der Waals surface area contributed by atoms with Gasteiger partial charge in [0.25, 0.3) is 0 Å². The first-order valence-electron chi connectivity index (χ1n) is 6.43. The largest absolute Gasteiger partial charge is 0.487 e. The van der Waals surface area contributed by atoms with Crippen LogP contribution in [0.1, 0.15) is 11.3 Å². The zero-order chi connectivity index (χ0) is 13.9. The summed E-state index contributed by atoms with van der Waals surface area (Å²) in [4.78, 5) is 3.30. The number of hydrogen-bond donors (Lipinski definition) is 2. The van der Waals surface area contributed by atoms with Gasteiger partial charge in [0.2, 0.25) is 0 Å². The standard InChI is InChI=1S/C16H15FN2O/c17-13-3-5-15(6-4-13)20-10-14-8-12-2-1-11(9-18)7-16(12)19-14/h1-8,19H,9-10,18H2. The molecular weight excluding hydrogens is 255 g/mol. The highest BCUT2D eigenvalue weighted by atomic mass is 19.1. The molecule has 3 N–H and O–H groups in total. The number of rotatable bonds is 4. The summed E-state index contributed by atoms with van der Waals surface area (Å²) in [5, 5.41) is 1.12. The summed E-state index contributed by atoms with van der Waals surface area (Å²) < 4.78 is 18.4. The fourth-order valence-electron chi connectivity index (χ4n) is 2.13. The van der Waals surface area contributed by atoms with Crippen LogP contribution in [0.15, 0.2) is 48.5 Å². The van der Waals surface area contributed by atoms with E-state index in [1.165, 1.54) is 12.1 Å². The van der Waals surface area contributed by atoms with E-state index in [2.05, 4.69) is 4.98 Å². The Morgan fingerprint density at radius 2 is 1.85 bits per heavy atom. The predicted molar refractivity (Wildman–Crippen MR) is 76.9 cm³/mol. The second kappa shape index (κ2) is 5.35. The fraction of sp³-hybridized carbons (Fsp3) is 0.125. The molecule has 0 saturated heterocycles. The second-order valence-corrected chi connectivity index (χ2v) is 4.66. The minimum absolute atomic E-state index is 0.266. The number of H-pyrrole nitrogens is 1. The van der Waals surface area contributed by atoms with E-state index in [0.29, 0.717) is 18.9 Å². The smallest absolute Gasteiger partial charge is 0.128 e. The summed E-state index contributed by atoms with van der Waals surface area (Å²) in [7, 11) is 0. The Morgan fingerprint density at radius 1 is 1.05 bits per heavy atom. The molecule has 0 saturated carbocycles. The van der Waals surface area contributed by atoms with Crippen LogP contribution in [0, 0.1) is 5.82 Å². The van der Waals surface area contributed by atoms with Gasteiger partial charge < -0.3 is 15.5 Å². The molecular formula is C16H15FN2O. The summed E-state index contributed by atoms with van der Waals surface area (Å²) in [6.07, 6.45) is 0. The molecule has 1 heterocycles. The van der Waals surface area contributed by atoms with E-state index in [1.54, 1.807) is 12.1 Å². The van der Waals surface area contributed by atoms with Gasteiger partial charge in [-0.1, -0.05) is 12.1 Å². The topological polar surface area (TPSA) is 51.0 Å². The van der Waals surface area contributed by atoms with E-state index < -0.39 is 0 Å². The SMILES string of the molecule is NCc1ccc2cc(COc3ccc(F)cc3)[nH]c2c1. The molecule has 0 unspecified atom stereocenters. The Labute approximate surface area is 116 Å². The molecule has 0 aliphatic rings. The van der Waals surface area contributed by atoms with E-state index in [-0.39, 0.29) is 5.82 Å². The molecule has 0 radical (unpaired) electrons. The number of aromatic amines is 1. The van der Waals surface area contributed by atoms with Crippen molar-refractivity contribution in [3.8, 4) is 5.75 Å². The van der Waals surface area contributed by atoms with Crippen molar-refractivity contribution in [2.24, 2.45) is 5.73 Å². The number of hydrogen-bond acceptors (Lipinski definition) is 2. The predicted octanol–water partition coefficient (Wildman–Crippen LogP) is 3.34. The van der Waals surface area contributed by atoms with Crippen molar-refractivity contribution in [3.63, 3.8) is 0 Å². The van der Waals surface area contributed by atoms with Crippen LogP contribution < -0.4 is 10.5 Å². The molecule has 20 heavy (non-hydrogen) atoms. The molecule has 0 spiro atoms. The Hall–Kier alpha value is -2.33. The summed E-state index contributed by atoms with van der Waals surface area (Å²) >= 11 is 0. The van der Waals surface area contributed by atoms with E-state index in [9.17, 15) is 4.39 Å². The van der Waals surface area contributed by atoms with E-state index in [4.69, 9.17) is 10.5 Å². The number of nitrogens with two attached hydrogens (primary N) is 1. The molecule has 4 heteroatoms. The first kappa shape index (κ1) is 12.7. The highest BCUT2D eigenvalue weighted by molar-refractivity contribution is 5.81. The van der Waals surface area contributed by atoms with Crippen molar-refractivity contribution in [2.45, 2.75) is 13.2 Å². The van der Waals surface area contributed by atoms with Crippen molar-refractivity contribution in [1.29, 1.82) is 0 Å². The third-order valence-electron chi connectivity index (χ3n) is 3.19. The van der Waals surface area contributed by atoms with Gasteiger partial charge >= 0.3 is 0 Å². The molecule has 0 aliphatic heterocycles. The Bertz CT molecular complexity index is 719. The van der Waals surface area contributed by atoms with Crippen molar-refractivity contribution in [1.82, 2.24) is 4.98 Å². The normalized spacial score (nSPS) is 10.9. The monoisotopic (exact) mass is 270 g/mol. The van der Waals surface area contributed by atoms with Gasteiger partial charge in [-0.3, -0.25) is 0 Å². The van der Waals surface area contributed by atoms with Crippen LogP contribution >= 0.6 is 0 Å². The van der Waals surface area contributed by atoms with Gasteiger partial charge in [0.1, 0.15) is 18.2 Å². The zero-order valence-corrected chi connectivity index (χ0v) is 10.9. The maximum absolute atomic E-state index is 12.8. The molecule has 3 nitrogen and oxygen atoms in total. The highest BCUT2D eigenvalue weighted by Crippen LogP contribution is 2.19. The van der Waals surface area contributed by atoms with Gasteiger partial charge in [0.15, 0.2) is 0 Å². The third-order valence-corrected chi connectivity index (χ3v) is 3.19. The van der Waals surface area contributed by atoms with Crippen molar-refractivity contribution < 1.29 is 9.13 Å². The number of halogens is 1. The van der Waals surface area contributed by atoms with Crippen LogP contribution in [0.2, 0.25) is 0 Å². The molecule has 0 amide bonds. The van der Waals surface area contributed by atoms with Crippen LogP contribution in [-0.4, -0.2) is 4.98 Å². The van der Waals surface area contributed by atoms with Crippen LogP contribution in [0.25, 0.3) is 10.9 Å². The number of fused-ring (bicyclic) bond motifs is 1. The molecule has 102 valence electrons. The lowest BCUT2D eigenvalue weighted by molar-refractivity contribution is 0.302. The average molecular weight is 270 g/mol. The van der Waals surface area contributed by atoms with E-state index >= 15 is 0 Å². The summed E-state index contributed by atoms with van der Waals surface area (Å²) in [5.41, 5.74) is 8.73. The quantitative estimate of drug-likeness (QED) is 0.764. The van der Waals surface area contributed by atoms with Crippen molar-refractivity contribution >= 4 is 10.9 Å². The minimum atomic E-state index is -0.266. The lowest BCUT2D eigenvalue weighted by Gasteiger charge is -2.03. The summed E-state index contributed by atoms with van der Waals surface area (Å²) in [6, 6.07) is 14.1. The average Bonchev–Trinajstić information content (AvgIpc) is 2.88. The molecule has 0 aliphatic carbocycles. The molecule has 3 aromatic rings. The second-order valence-electron chi connectivity index (χ2n) is 4.66. The van der Waals surface area contributed by atoms with Crippen molar-refractivity contribution in [2.75, 3.05) is 0 Å². The van der Waals surface area contributed by atoms with Crippen LogP contribution in [-0.2, 0) is 13.2 Å². The van der Waals surface area contributed by atoms with E-state index in [0.717, 1.165) is 22.2 Å². The Kier molecular flexibility index (Phi) is 3.39. The number of nitrogens with one attached hydrogen (secondary N) is 1. The van der Waals surface area contributed by atoms with Gasteiger partial charge in [-0.25, -0.2) is 4.39 Å². The zero-order valence-electron chi connectivity index (χ0n) is 10.9. The van der Waals surface area contributed by atoms with Gasteiger partial charge in [0.05, 0.1) is 5.69 Å². The Morgan fingerprint density at radius 3 is 2.60 bits per heavy atom. The fourth-order valence-corrected chi connectivity index (χ4v) is 2.13. The van der Waals surface area contributed by atoms with Crippen LogP contribution in [0.5, 0.6) is 5.75 Å². The van der Waals surface area contributed by atoms with Gasteiger partial charge in [-0.15, -0.1) is 0 Å². The number of ether oxygens (including phenoxy) is 1. The first-order chi connectivity index (χ1) is 9.74. The molecule has 3 rings (SSSR count). The van der Waals surface area contributed by atoms with E-state index in [1.807, 2.05) is 24.3 Å². The van der Waals surface area contributed by atoms with Crippen LogP contribution in [0.4, 0.5) is 4.39 Å². The maximum atomic E-state index is 12.8. The minimum Gasteiger partial charge on any atom is -0.487 e. The van der Waals surface area contributed by atoms with Gasteiger partial charge in [-0.05, 0) is 47.3 Å². The van der Waals surface area contributed by atoms with Gasteiger partial charge in [-0.2, -0.15) is 0 Å². The van der Waals surface area contributed by atoms with Crippen LogP contribution in [0.3, 0.4) is 0 Å². The molecule has 2 aromatic carbocycles. The molecule has 1 aromatic heterocycles. The van der Waals surface area contributed by atoms with Crippen molar-refractivity contribution in [3.05, 3.63) is 65.6 Å². The van der Waals surface area contributed by atoms with Gasteiger partial charge in [0, 0.05) is 12.1 Å². The highest BCUT2D eigenvalue weighted by Gasteiger charge is 2.03. The lowest BCUT2D eigenvalue weighted by atomic mass is 10.2. The third kappa shape index (κ3) is 2.65. The maximum Gasteiger partial charge on any atom is 0.128 e. The molecule has 0 bridgehead atoms.